The molecule has 0 saturated heterocycles. The lowest BCUT2D eigenvalue weighted by atomic mass is 10.4. The third kappa shape index (κ3) is 3.85. The van der Waals surface area contributed by atoms with Crippen LogP contribution in [0.5, 0.6) is 0 Å². The lowest BCUT2D eigenvalue weighted by Gasteiger charge is -2.08. The fraction of sp³-hybridized carbons (Fsp3) is 0.667. The lowest BCUT2D eigenvalue weighted by Crippen LogP contribution is -2.04. The van der Waals surface area contributed by atoms with Crippen molar-refractivity contribution in [3.05, 3.63) is 11.9 Å². The first kappa shape index (κ1) is 12.6. The molecule has 0 bridgehead atoms. The fourth-order valence-corrected chi connectivity index (χ4v) is 2.35. The molecule has 0 radical (unpaired) electrons. The van der Waals surface area contributed by atoms with Gasteiger partial charge in [0.1, 0.15) is 16.7 Å². The Morgan fingerprint density at radius 2 is 2.29 bits per heavy atom. The zero-order chi connectivity index (χ0) is 12.1. The summed E-state index contributed by atoms with van der Waals surface area (Å²) in [5, 5.41) is 4.32. The highest BCUT2D eigenvalue weighted by Gasteiger charge is 2.27. The highest BCUT2D eigenvalue weighted by molar-refractivity contribution is 7.99. The molecule has 0 amide bonds. The third-order valence-corrected chi connectivity index (χ3v) is 3.43. The molecule has 0 aliphatic heterocycles. The maximum Gasteiger partial charge on any atom is 0.135 e. The predicted octanol–water partition coefficient (Wildman–Crippen LogP) is 2.52. The zero-order valence-corrected chi connectivity index (χ0v) is 11.2. The van der Waals surface area contributed by atoms with Crippen LogP contribution in [-0.2, 0) is 4.74 Å². The van der Waals surface area contributed by atoms with Gasteiger partial charge < -0.3 is 10.1 Å². The molecular formula is C12H19N3OS. The smallest absolute Gasteiger partial charge is 0.135 e. The normalized spacial score (nSPS) is 14.9. The summed E-state index contributed by atoms with van der Waals surface area (Å²) in [5.74, 6) is 3.48. The number of thioether (sulfide) groups is 1. The minimum Gasteiger partial charge on any atom is -0.384 e. The van der Waals surface area contributed by atoms with Crippen LogP contribution in [-0.4, -0.2) is 36.0 Å². The summed E-state index contributed by atoms with van der Waals surface area (Å²) in [6.45, 7) is 3.73. The molecule has 1 heterocycles. The lowest BCUT2D eigenvalue weighted by molar-refractivity contribution is 0.218. The Labute approximate surface area is 107 Å². The van der Waals surface area contributed by atoms with Gasteiger partial charge in [-0.3, -0.25) is 0 Å². The van der Waals surface area contributed by atoms with Gasteiger partial charge in [-0.25, -0.2) is 9.97 Å². The van der Waals surface area contributed by atoms with E-state index in [2.05, 4.69) is 22.2 Å². The zero-order valence-electron chi connectivity index (χ0n) is 10.4. The number of nitrogens with one attached hydrogen (secondary N) is 1. The molecule has 94 valence electrons. The topological polar surface area (TPSA) is 47.0 Å². The minimum atomic E-state index is 0.593. The van der Waals surface area contributed by atoms with Crippen molar-refractivity contribution in [2.24, 2.45) is 0 Å². The maximum absolute atomic E-state index is 5.05. The molecule has 0 spiro atoms. The van der Waals surface area contributed by atoms with Gasteiger partial charge in [-0.15, -0.1) is 11.8 Å². The van der Waals surface area contributed by atoms with Crippen LogP contribution in [0.1, 0.15) is 31.5 Å². The molecule has 1 aliphatic carbocycles. The first-order valence-corrected chi connectivity index (χ1v) is 7.06. The van der Waals surface area contributed by atoms with Gasteiger partial charge >= 0.3 is 0 Å². The monoisotopic (exact) mass is 253 g/mol. The summed E-state index contributed by atoms with van der Waals surface area (Å²) < 4.78 is 5.05. The predicted molar refractivity (Wildman–Crippen MR) is 70.8 cm³/mol. The Hall–Kier alpha value is -0.810. The number of nitrogens with zero attached hydrogens (tertiary/aromatic N) is 2. The number of hydrogen-bond acceptors (Lipinski definition) is 5. The summed E-state index contributed by atoms with van der Waals surface area (Å²) in [5.41, 5.74) is 0. The van der Waals surface area contributed by atoms with Crippen molar-refractivity contribution in [3.8, 4) is 0 Å². The van der Waals surface area contributed by atoms with Gasteiger partial charge in [0.2, 0.25) is 0 Å². The highest BCUT2D eigenvalue weighted by Crippen LogP contribution is 2.39. The van der Waals surface area contributed by atoms with Crippen molar-refractivity contribution in [2.45, 2.75) is 30.7 Å². The second-order valence-electron chi connectivity index (χ2n) is 4.10. The van der Waals surface area contributed by atoms with E-state index >= 15 is 0 Å². The van der Waals surface area contributed by atoms with E-state index in [1.165, 1.54) is 12.8 Å². The highest BCUT2D eigenvalue weighted by atomic mass is 32.2. The molecule has 0 unspecified atom stereocenters. The van der Waals surface area contributed by atoms with Crippen LogP contribution in [0.2, 0.25) is 0 Å². The average molecular weight is 253 g/mol. The van der Waals surface area contributed by atoms with E-state index in [0.29, 0.717) is 5.92 Å². The van der Waals surface area contributed by atoms with Crippen molar-refractivity contribution in [2.75, 3.05) is 31.3 Å². The molecule has 1 aromatic rings. The molecule has 1 aromatic heterocycles. The standard InChI is InChI=1S/C12H19N3OS/c1-3-13-10-8-11(17-7-6-16-2)15-12(14-10)9-4-5-9/h8-9H,3-7H2,1-2H3,(H,13,14,15). The van der Waals surface area contributed by atoms with Crippen LogP contribution in [0.25, 0.3) is 0 Å². The van der Waals surface area contributed by atoms with Crippen LogP contribution in [0.4, 0.5) is 5.82 Å². The second kappa shape index (κ2) is 6.21. The largest absolute Gasteiger partial charge is 0.384 e. The summed E-state index contributed by atoms with van der Waals surface area (Å²) in [7, 11) is 1.72. The van der Waals surface area contributed by atoms with E-state index in [4.69, 9.17) is 4.74 Å². The Balaban J connectivity index is 2.06. The van der Waals surface area contributed by atoms with Gasteiger partial charge in [0.15, 0.2) is 0 Å². The van der Waals surface area contributed by atoms with E-state index in [-0.39, 0.29) is 0 Å². The number of anilines is 1. The van der Waals surface area contributed by atoms with Gasteiger partial charge in [-0.2, -0.15) is 0 Å². The van der Waals surface area contributed by atoms with Crippen LogP contribution >= 0.6 is 11.8 Å². The Morgan fingerprint density at radius 1 is 1.47 bits per heavy atom. The molecule has 5 heteroatoms. The number of methoxy groups -OCH3 is 1. The summed E-state index contributed by atoms with van der Waals surface area (Å²) >= 11 is 1.73. The van der Waals surface area contributed by atoms with Crippen LogP contribution in [0, 0.1) is 0 Å². The molecular weight excluding hydrogens is 234 g/mol. The van der Waals surface area contributed by atoms with Gasteiger partial charge in [-0.1, -0.05) is 0 Å². The summed E-state index contributed by atoms with van der Waals surface area (Å²) in [6.07, 6.45) is 2.47. The molecule has 1 aliphatic rings. The van der Waals surface area contributed by atoms with E-state index in [1.807, 2.05) is 6.07 Å². The van der Waals surface area contributed by atoms with E-state index in [9.17, 15) is 0 Å². The Kier molecular flexibility index (Phi) is 4.62. The van der Waals surface area contributed by atoms with Crippen LogP contribution in [0.3, 0.4) is 0 Å². The van der Waals surface area contributed by atoms with Crippen molar-refractivity contribution in [1.29, 1.82) is 0 Å². The maximum atomic E-state index is 5.05. The number of hydrogen-bond donors (Lipinski definition) is 1. The van der Waals surface area contributed by atoms with Crippen LogP contribution < -0.4 is 5.32 Å². The van der Waals surface area contributed by atoms with E-state index < -0.39 is 0 Å². The second-order valence-corrected chi connectivity index (χ2v) is 5.21. The minimum absolute atomic E-state index is 0.593. The van der Waals surface area contributed by atoms with Crippen molar-refractivity contribution < 1.29 is 4.74 Å². The molecule has 2 rings (SSSR count). The number of ether oxygens (including phenoxy) is 1. The summed E-state index contributed by atoms with van der Waals surface area (Å²) in [4.78, 5) is 9.15. The third-order valence-electron chi connectivity index (χ3n) is 2.56. The van der Waals surface area contributed by atoms with Crippen molar-refractivity contribution in [3.63, 3.8) is 0 Å². The molecule has 17 heavy (non-hydrogen) atoms. The SMILES string of the molecule is CCNc1cc(SCCOC)nc(C2CC2)n1. The number of rotatable bonds is 7. The first-order valence-electron chi connectivity index (χ1n) is 6.08. The van der Waals surface area contributed by atoms with Crippen LogP contribution in [0.15, 0.2) is 11.1 Å². The first-order chi connectivity index (χ1) is 8.33. The molecule has 4 nitrogen and oxygen atoms in total. The van der Waals surface area contributed by atoms with Crippen molar-refractivity contribution >= 4 is 17.6 Å². The van der Waals surface area contributed by atoms with E-state index in [0.717, 1.165) is 35.6 Å². The van der Waals surface area contributed by atoms with Gasteiger partial charge in [-0.05, 0) is 19.8 Å². The summed E-state index contributed by atoms with van der Waals surface area (Å²) in [6, 6.07) is 2.02. The quantitative estimate of drug-likeness (QED) is 0.459. The van der Waals surface area contributed by atoms with Gasteiger partial charge in [0.25, 0.3) is 0 Å². The molecule has 1 N–H and O–H groups in total. The molecule has 1 saturated carbocycles. The fourth-order valence-electron chi connectivity index (χ4n) is 1.54. The number of aromatic nitrogens is 2. The molecule has 0 atom stereocenters. The van der Waals surface area contributed by atoms with Crippen molar-refractivity contribution in [1.82, 2.24) is 9.97 Å². The Bertz CT molecular complexity index is 369. The average Bonchev–Trinajstić information content (AvgIpc) is 3.13. The molecule has 1 fully saturated rings. The Morgan fingerprint density at radius 3 is 2.94 bits per heavy atom. The van der Waals surface area contributed by atoms with E-state index in [1.54, 1.807) is 18.9 Å². The molecule has 0 aromatic carbocycles. The van der Waals surface area contributed by atoms with Gasteiger partial charge in [0.05, 0.1) is 6.61 Å². The van der Waals surface area contributed by atoms with Gasteiger partial charge in [0, 0.05) is 31.4 Å².